The minimum atomic E-state index is -3.48. The molecule has 0 aromatic heterocycles. The van der Waals surface area contributed by atoms with Crippen LogP contribution < -0.4 is 4.74 Å². The van der Waals surface area contributed by atoms with Crippen molar-refractivity contribution < 1.29 is 41.3 Å². The van der Waals surface area contributed by atoms with Crippen molar-refractivity contribution in [3.8, 4) is 5.75 Å². The highest BCUT2D eigenvalue weighted by molar-refractivity contribution is 5.79. The maximum Gasteiger partial charge on any atom is 0.410 e. The van der Waals surface area contributed by atoms with Gasteiger partial charge in [0.15, 0.2) is 0 Å². The van der Waals surface area contributed by atoms with Crippen molar-refractivity contribution in [2.75, 3.05) is 39.5 Å². The highest BCUT2D eigenvalue weighted by atomic mass is 19.3. The first-order valence-corrected chi connectivity index (χ1v) is 14.4. The van der Waals surface area contributed by atoms with Gasteiger partial charge in [-0.15, -0.1) is 0 Å². The lowest BCUT2D eigenvalue weighted by Gasteiger charge is -2.43. The molecule has 0 fully saturated rings. The molecule has 4 rings (SSSR count). The predicted octanol–water partition coefficient (Wildman–Crippen LogP) is 6.71. The first-order chi connectivity index (χ1) is 20.2. The van der Waals surface area contributed by atoms with Gasteiger partial charge in [0.2, 0.25) is 0 Å². The fourth-order valence-corrected chi connectivity index (χ4v) is 5.78. The highest BCUT2D eigenvalue weighted by Gasteiger charge is 2.45. The number of nitrogens with zero attached hydrogens (tertiary/aromatic N) is 2. The fourth-order valence-electron chi connectivity index (χ4n) is 5.78. The SMILES string of the molecule is C[C@@H]1CC2=C(Cc3ccccc32)[C@@H](c2c(F)cc(OCCN(CCCF)C(=O)OC(C)(C)C)cc2F)N1CC(F)(F)CO. The van der Waals surface area contributed by atoms with Crippen molar-refractivity contribution in [3.05, 3.63) is 70.3 Å². The Morgan fingerprint density at radius 2 is 1.79 bits per heavy atom. The summed E-state index contributed by atoms with van der Waals surface area (Å²) in [6.07, 6.45) is 0.210. The third-order valence-electron chi connectivity index (χ3n) is 7.65. The Bertz CT molecular complexity index is 1320. The van der Waals surface area contributed by atoms with Crippen molar-refractivity contribution in [3.63, 3.8) is 0 Å². The molecule has 1 heterocycles. The molecule has 1 aliphatic heterocycles. The van der Waals surface area contributed by atoms with Crippen molar-refractivity contribution in [1.29, 1.82) is 0 Å². The smallest absolute Gasteiger partial charge is 0.410 e. The van der Waals surface area contributed by atoms with Crippen molar-refractivity contribution >= 4 is 11.7 Å². The molecular formula is C32H39F5N2O4. The summed E-state index contributed by atoms with van der Waals surface area (Å²) in [5.74, 6) is -5.55. The molecule has 11 heteroatoms. The van der Waals surface area contributed by atoms with Crippen LogP contribution in [0.3, 0.4) is 0 Å². The number of halogens is 5. The van der Waals surface area contributed by atoms with Crippen LogP contribution in [0.5, 0.6) is 5.75 Å². The molecule has 0 unspecified atom stereocenters. The molecule has 0 saturated carbocycles. The largest absolute Gasteiger partial charge is 0.492 e. The molecule has 2 aromatic carbocycles. The van der Waals surface area contributed by atoms with E-state index >= 15 is 8.78 Å². The van der Waals surface area contributed by atoms with E-state index in [-0.39, 0.29) is 37.4 Å². The van der Waals surface area contributed by atoms with Gasteiger partial charge in [0.1, 0.15) is 36.2 Å². The second-order valence-electron chi connectivity index (χ2n) is 12.1. The first kappa shape index (κ1) is 32.7. The fraction of sp³-hybridized carbons (Fsp3) is 0.531. The summed E-state index contributed by atoms with van der Waals surface area (Å²) < 4.78 is 84.4. The number of carbonyl (C=O) groups is 1. The third kappa shape index (κ3) is 7.67. The number of fused-ring (bicyclic) bond motifs is 2. The number of aliphatic hydroxyl groups excluding tert-OH is 1. The van der Waals surface area contributed by atoms with E-state index in [1.165, 1.54) is 9.80 Å². The topological polar surface area (TPSA) is 62.2 Å². The first-order valence-electron chi connectivity index (χ1n) is 14.4. The Morgan fingerprint density at radius 1 is 1.12 bits per heavy atom. The van der Waals surface area contributed by atoms with Gasteiger partial charge in [-0.25, -0.2) is 22.4 Å². The molecule has 0 radical (unpaired) electrons. The number of hydrogen-bond acceptors (Lipinski definition) is 5. The quantitative estimate of drug-likeness (QED) is 0.287. The van der Waals surface area contributed by atoms with Crippen LogP contribution in [0, 0.1) is 11.6 Å². The van der Waals surface area contributed by atoms with Crippen LogP contribution in [0.15, 0.2) is 42.0 Å². The van der Waals surface area contributed by atoms with Crippen LogP contribution in [0.2, 0.25) is 0 Å². The van der Waals surface area contributed by atoms with Crippen LogP contribution in [0.4, 0.5) is 26.7 Å². The zero-order valence-corrected chi connectivity index (χ0v) is 24.9. The van der Waals surface area contributed by atoms with Gasteiger partial charge in [-0.3, -0.25) is 9.29 Å². The standard InChI is InChI=1S/C32H39F5N2O4/c1-20-14-24-23-9-6-5-8-21(23)15-25(24)29(39(20)18-32(36,37)19-40)28-26(34)16-22(17-27(28)35)42-13-12-38(11-7-10-33)30(41)43-31(2,3)4/h5-6,8-9,16-17,20,29,40H,7,10-15,18-19H2,1-4H3/t20-,29+/m1/s1. The Morgan fingerprint density at radius 3 is 2.42 bits per heavy atom. The van der Waals surface area contributed by atoms with Crippen LogP contribution in [0.1, 0.15) is 63.3 Å². The second-order valence-corrected chi connectivity index (χ2v) is 12.1. The third-order valence-corrected chi connectivity index (χ3v) is 7.65. The molecule has 1 N–H and O–H groups in total. The summed E-state index contributed by atoms with van der Waals surface area (Å²) in [7, 11) is 0. The number of benzene rings is 2. The summed E-state index contributed by atoms with van der Waals surface area (Å²) in [6.45, 7) is 3.84. The average Bonchev–Trinajstić information content (AvgIpc) is 3.28. The minimum absolute atomic E-state index is 0.0153. The Kier molecular flexibility index (Phi) is 10.1. The number of amides is 1. The molecule has 0 saturated heterocycles. The van der Waals surface area contributed by atoms with Gasteiger partial charge in [0.25, 0.3) is 5.92 Å². The van der Waals surface area contributed by atoms with Gasteiger partial charge in [0, 0.05) is 30.3 Å². The Hall–Kier alpha value is -3.18. The summed E-state index contributed by atoms with van der Waals surface area (Å²) in [4.78, 5) is 15.1. The normalized spacial score (nSPS) is 18.8. The van der Waals surface area contributed by atoms with E-state index in [1.54, 1.807) is 27.7 Å². The van der Waals surface area contributed by atoms with E-state index in [4.69, 9.17) is 9.47 Å². The van der Waals surface area contributed by atoms with Crippen LogP contribution in [-0.2, 0) is 11.2 Å². The highest BCUT2D eigenvalue weighted by Crippen LogP contribution is 2.50. The number of ether oxygens (including phenoxy) is 2. The molecule has 2 aromatic rings. The van der Waals surface area contributed by atoms with Crippen LogP contribution in [0.25, 0.3) is 5.57 Å². The molecule has 6 nitrogen and oxygen atoms in total. The number of hydrogen-bond donors (Lipinski definition) is 1. The summed E-state index contributed by atoms with van der Waals surface area (Å²) in [6, 6.07) is 7.96. The van der Waals surface area contributed by atoms with E-state index in [9.17, 15) is 23.1 Å². The van der Waals surface area contributed by atoms with Gasteiger partial charge in [-0.05, 0) is 69.2 Å². The summed E-state index contributed by atoms with van der Waals surface area (Å²) in [5, 5.41) is 9.30. The lowest BCUT2D eigenvalue weighted by atomic mass is 9.84. The predicted molar refractivity (Wildman–Crippen MR) is 153 cm³/mol. The van der Waals surface area contributed by atoms with Gasteiger partial charge in [0.05, 0.1) is 25.8 Å². The monoisotopic (exact) mass is 610 g/mol. The lowest BCUT2D eigenvalue weighted by Crippen LogP contribution is -2.48. The van der Waals surface area contributed by atoms with Gasteiger partial charge in [-0.2, -0.15) is 0 Å². The van der Waals surface area contributed by atoms with Gasteiger partial charge >= 0.3 is 6.09 Å². The number of aliphatic hydroxyl groups is 1. The van der Waals surface area contributed by atoms with Crippen LogP contribution >= 0.6 is 0 Å². The second kappa shape index (κ2) is 13.2. The Labute approximate surface area is 249 Å². The number of alkyl halides is 3. The van der Waals surface area contributed by atoms with E-state index in [0.29, 0.717) is 18.4 Å². The average molecular weight is 611 g/mol. The van der Waals surface area contributed by atoms with Crippen molar-refractivity contribution in [2.24, 2.45) is 0 Å². The molecular weight excluding hydrogens is 571 g/mol. The summed E-state index contributed by atoms with van der Waals surface area (Å²) in [5.41, 5.74) is 2.32. The maximum absolute atomic E-state index is 15.8. The summed E-state index contributed by atoms with van der Waals surface area (Å²) >= 11 is 0. The zero-order valence-electron chi connectivity index (χ0n) is 24.9. The van der Waals surface area contributed by atoms with Crippen molar-refractivity contribution in [2.45, 2.75) is 70.6 Å². The minimum Gasteiger partial charge on any atom is -0.492 e. The van der Waals surface area contributed by atoms with E-state index in [2.05, 4.69) is 0 Å². The van der Waals surface area contributed by atoms with Crippen molar-refractivity contribution in [1.82, 2.24) is 9.80 Å². The van der Waals surface area contributed by atoms with E-state index in [1.807, 2.05) is 24.3 Å². The molecule has 43 heavy (non-hydrogen) atoms. The van der Waals surface area contributed by atoms with Gasteiger partial charge < -0.3 is 19.5 Å². The molecule has 2 atom stereocenters. The molecule has 1 aliphatic carbocycles. The molecule has 0 bridgehead atoms. The van der Waals surface area contributed by atoms with E-state index in [0.717, 1.165) is 28.8 Å². The van der Waals surface area contributed by atoms with Crippen LogP contribution in [-0.4, -0.2) is 78.1 Å². The van der Waals surface area contributed by atoms with Gasteiger partial charge in [-0.1, -0.05) is 24.3 Å². The Balaban J connectivity index is 1.60. The van der Waals surface area contributed by atoms with E-state index < -0.39 is 61.2 Å². The molecule has 2 aliphatic rings. The number of carbonyl (C=O) groups excluding carboxylic acids is 1. The maximum atomic E-state index is 15.8. The molecule has 1 amide bonds. The molecule has 236 valence electrons. The molecule has 0 spiro atoms. The zero-order chi connectivity index (χ0) is 31.5. The lowest BCUT2D eigenvalue weighted by molar-refractivity contribution is -0.0861. The number of rotatable bonds is 11.